The molecule has 0 aromatic heterocycles. The number of ether oxygens (including phenoxy) is 2. The lowest BCUT2D eigenvalue weighted by Crippen LogP contribution is -2.32. The first-order valence-electron chi connectivity index (χ1n) is 7.69. The predicted molar refractivity (Wildman–Crippen MR) is 96.9 cm³/mol. The largest absolute Gasteiger partial charge is 0.490 e. The summed E-state index contributed by atoms with van der Waals surface area (Å²) in [6, 6.07) is 14.2. The van der Waals surface area contributed by atoms with Crippen LogP contribution in [0.3, 0.4) is 0 Å². The van der Waals surface area contributed by atoms with Crippen molar-refractivity contribution in [3.05, 3.63) is 66.2 Å². The van der Waals surface area contributed by atoms with E-state index in [0.717, 1.165) is 0 Å². The maximum Gasteiger partial charge on any atom is 0.265 e. The molecule has 126 valence electrons. The van der Waals surface area contributed by atoms with E-state index in [9.17, 15) is 4.79 Å². The molecule has 0 aliphatic carbocycles. The summed E-state index contributed by atoms with van der Waals surface area (Å²) in [4.78, 5) is 12.4. The summed E-state index contributed by atoms with van der Waals surface area (Å²) in [6.07, 6.45) is 1.58. The van der Waals surface area contributed by atoms with Gasteiger partial charge in [-0.05, 0) is 42.8 Å². The zero-order valence-electron chi connectivity index (χ0n) is 13.5. The first-order chi connectivity index (χ1) is 11.6. The van der Waals surface area contributed by atoms with E-state index >= 15 is 0 Å². The van der Waals surface area contributed by atoms with E-state index in [2.05, 4.69) is 11.9 Å². The average Bonchev–Trinajstić information content (AvgIpc) is 2.60. The fourth-order valence-corrected chi connectivity index (χ4v) is 2.21. The standard InChI is InChI=1S/C19H20ClNO3/c1-3-13-23-15-11-9-14(10-12-15)21-19(22)17(4-2)24-18-8-6-5-7-16(18)20/h3,5-12,17H,1,4,13H2,2H3,(H,21,22). The first-order valence-corrected chi connectivity index (χ1v) is 8.07. The van der Waals surface area contributed by atoms with Gasteiger partial charge in [-0.15, -0.1) is 0 Å². The maximum atomic E-state index is 12.4. The predicted octanol–water partition coefficient (Wildman–Crippen LogP) is 4.70. The second-order valence-electron chi connectivity index (χ2n) is 5.06. The summed E-state index contributed by atoms with van der Waals surface area (Å²) in [5, 5.41) is 3.31. The second kappa shape index (κ2) is 8.99. The number of carbonyl (C=O) groups excluding carboxylic acids is 1. The van der Waals surface area contributed by atoms with Crippen LogP contribution in [0.2, 0.25) is 5.02 Å². The number of hydrogen-bond acceptors (Lipinski definition) is 3. The SMILES string of the molecule is C=CCOc1ccc(NC(=O)C(CC)Oc2ccccc2Cl)cc1. The van der Waals surface area contributed by atoms with Crippen molar-refractivity contribution in [2.24, 2.45) is 0 Å². The van der Waals surface area contributed by atoms with Gasteiger partial charge in [-0.2, -0.15) is 0 Å². The molecule has 1 N–H and O–H groups in total. The molecule has 5 heteroatoms. The Morgan fingerprint density at radius 2 is 1.96 bits per heavy atom. The van der Waals surface area contributed by atoms with Crippen molar-refractivity contribution in [3.8, 4) is 11.5 Å². The number of halogens is 1. The maximum absolute atomic E-state index is 12.4. The van der Waals surface area contributed by atoms with Gasteiger partial charge >= 0.3 is 0 Å². The number of para-hydroxylation sites is 1. The summed E-state index contributed by atoms with van der Waals surface area (Å²) in [5.74, 6) is 0.985. The van der Waals surface area contributed by atoms with Crippen LogP contribution in [0.1, 0.15) is 13.3 Å². The van der Waals surface area contributed by atoms with Gasteiger partial charge in [-0.25, -0.2) is 0 Å². The third-order valence-corrected chi connectivity index (χ3v) is 3.57. The highest BCUT2D eigenvalue weighted by atomic mass is 35.5. The van der Waals surface area contributed by atoms with Crippen LogP contribution >= 0.6 is 11.6 Å². The third-order valence-electron chi connectivity index (χ3n) is 3.26. The molecule has 0 saturated carbocycles. The number of rotatable bonds is 8. The highest BCUT2D eigenvalue weighted by Crippen LogP contribution is 2.25. The molecule has 0 radical (unpaired) electrons. The van der Waals surface area contributed by atoms with Crippen LogP contribution in [-0.4, -0.2) is 18.6 Å². The van der Waals surface area contributed by atoms with Crippen LogP contribution in [0.5, 0.6) is 11.5 Å². The Hall–Kier alpha value is -2.46. The van der Waals surface area contributed by atoms with Gasteiger partial charge in [-0.3, -0.25) is 4.79 Å². The Kier molecular flexibility index (Phi) is 6.70. The van der Waals surface area contributed by atoms with E-state index in [0.29, 0.717) is 35.2 Å². The lowest BCUT2D eigenvalue weighted by molar-refractivity contribution is -0.122. The number of nitrogens with one attached hydrogen (secondary N) is 1. The lowest BCUT2D eigenvalue weighted by Gasteiger charge is -2.18. The summed E-state index contributed by atoms with van der Waals surface area (Å²) in [5.41, 5.74) is 0.673. The molecule has 1 atom stereocenters. The fourth-order valence-electron chi connectivity index (χ4n) is 2.03. The van der Waals surface area contributed by atoms with E-state index in [1.165, 1.54) is 0 Å². The molecule has 24 heavy (non-hydrogen) atoms. The van der Waals surface area contributed by atoms with E-state index < -0.39 is 6.10 Å². The van der Waals surface area contributed by atoms with Crippen LogP contribution in [0.15, 0.2) is 61.2 Å². The zero-order valence-corrected chi connectivity index (χ0v) is 14.3. The molecule has 0 spiro atoms. The Labute approximate surface area is 147 Å². The quantitative estimate of drug-likeness (QED) is 0.705. The van der Waals surface area contributed by atoms with Gasteiger partial charge < -0.3 is 14.8 Å². The van der Waals surface area contributed by atoms with Crippen molar-refractivity contribution in [1.29, 1.82) is 0 Å². The number of amides is 1. The van der Waals surface area contributed by atoms with Crippen LogP contribution in [-0.2, 0) is 4.79 Å². The van der Waals surface area contributed by atoms with Gasteiger partial charge in [-0.1, -0.05) is 43.3 Å². The molecule has 0 bridgehead atoms. The Balaban J connectivity index is 1.98. The minimum atomic E-state index is -0.624. The highest BCUT2D eigenvalue weighted by Gasteiger charge is 2.19. The minimum absolute atomic E-state index is 0.225. The van der Waals surface area contributed by atoms with Gasteiger partial charge in [0.05, 0.1) is 5.02 Å². The van der Waals surface area contributed by atoms with Gasteiger partial charge in [0.1, 0.15) is 18.1 Å². The second-order valence-corrected chi connectivity index (χ2v) is 5.47. The number of anilines is 1. The van der Waals surface area contributed by atoms with E-state index in [1.54, 1.807) is 42.5 Å². The summed E-state index contributed by atoms with van der Waals surface area (Å²) in [7, 11) is 0. The molecule has 1 unspecified atom stereocenters. The average molecular weight is 346 g/mol. The molecule has 0 aliphatic rings. The monoisotopic (exact) mass is 345 g/mol. The summed E-state index contributed by atoms with van der Waals surface area (Å²) >= 11 is 6.07. The normalized spacial score (nSPS) is 11.4. The molecule has 0 aliphatic heterocycles. The van der Waals surface area contributed by atoms with Crippen molar-refractivity contribution in [1.82, 2.24) is 0 Å². The van der Waals surface area contributed by atoms with Gasteiger partial charge in [0.2, 0.25) is 0 Å². The number of benzene rings is 2. The molecule has 0 heterocycles. The van der Waals surface area contributed by atoms with Crippen LogP contribution in [0.4, 0.5) is 5.69 Å². The molecule has 0 fully saturated rings. The zero-order chi connectivity index (χ0) is 17.4. The summed E-state index contributed by atoms with van der Waals surface area (Å²) < 4.78 is 11.1. The third kappa shape index (κ3) is 5.03. The van der Waals surface area contributed by atoms with Crippen LogP contribution in [0.25, 0.3) is 0 Å². The summed E-state index contributed by atoms with van der Waals surface area (Å²) in [6.45, 7) is 5.92. The molecular formula is C19H20ClNO3. The number of carbonyl (C=O) groups is 1. The first kappa shape index (κ1) is 17.9. The van der Waals surface area contributed by atoms with Gasteiger partial charge in [0.15, 0.2) is 6.10 Å². The Morgan fingerprint density at radius 3 is 2.58 bits per heavy atom. The van der Waals surface area contributed by atoms with Crippen molar-refractivity contribution < 1.29 is 14.3 Å². The highest BCUT2D eigenvalue weighted by molar-refractivity contribution is 6.32. The Morgan fingerprint density at radius 1 is 1.25 bits per heavy atom. The molecule has 2 aromatic carbocycles. The lowest BCUT2D eigenvalue weighted by atomic mass is 10.2. The van der Waals surface area contributed by atoms with Crippen LogP contribution < -0.4 is 14.8 Å². The van der Waals surface area contributed by atoms with Crippen molar-refractivity contribution >= 4 is 23.2 Å². The minimum Gasteiger partial charge on any atom is -0.490 e. The molecular weight excluding hydrogens is 326 g/mol. The van der Waals surface area contributed by atoms with E-state index in [1.807, 2.05) is 19.1 Å². The van der Waals surface area contributed by atoms with Gasteiger partial charge in [0.25, 0.3) is 5.91 Å². The van der Waals surface area contributed by atoms with Gasteiger partial charge in [0, 0.05) is 5.69 Å². The van der Waals surface area contributed by atoms with E-state index in [-0.39, 0.29) is 5.91 Å². The topological polar surface area (TPSA) is 47.6 Å². The number of hydrogen-bond donors (Lipinski definition) is 1. The smallest absolute Gasteiger partial charge is 0.265 e. The molecule has 2 rings (SSSR count). The van der Waals surface area contributed by atoms with E-state index in [4.69, 9.17) is 21.1 Å². The molecule has 2 aromatic rings. The van der Waals surface area contributed by atoms with Crippen LogP contribution in [0, 0.1) is 0 Å². The van der Waals surface area contributed by atoms with Crippen molar-refractivity contribution in [2.75, 3.05) is 11.9 Å². The molecule has 1 amide bonds. The van der Waals surface area contributed by atoms with Crippen molar-refractivity contribution in [2.45, 2.75) is 19.4 Å². The van der Waals surface area contributed by atoms with Crippen molar-refractivity contribution in [3.63, 3.8) is 0 Å². The Bertz CT molecular complexity index is 685. The fraction of sp³-hybridized carbons (Fsp3) is 0.211. The molecule has 4 nitrogen and oxygen atoms in total. The molecule has 0 saturated heterocycles.